The Hall–Kier alpha value is -0.0800. The molecule has 0 aromatic rings. The molecule has 1 aliphatic heterocycles. The Labute approximate surface area is 61.8 Å². The van der Waals surface area contributed by atoms with Crippen LogP contribution >= 0.6 is 0 Å². The van der Waals surface area contributed by atoms with Crippen molar-refractivity contribution in [1.29, 1.82) is 0 Å². The summed E-state index contributed by atoms with van der Waals surface area (Å²) in [5.41, 5.74) is 0.565. The van der Waals surface area contributed by atoms with E-state index in [9.17, 15) is 5.11 Å². The summed E-state index contributed by atoms with van der Waals surface area (Å²) in [6.45, 7) is 4.26. The van der Waals surface area contributed by atoms with Gasteiger partial charge in [-0.25, -0.2) is 0 Å². The molecule has 2 fully saturated rings. The molecule has 1 atom stereocenters. The van der Waals surface area contributed by atoms with Crippen molar-refractivity contribution >= 4 is 0 Å². The van der Waals surface area contributed by atoms with Gasteiger partial charge in [-0.15, -0.1) is 0 Å². The van der Waals surface area contributed by atoms with E-state index >= 15 is 0 Å². The minimum Gasteiger partial charge on any atom is -0.378 e. The lowest BCUT2D eigenvalue weighted by atomic mass is 10.1. The maximum atomic E-state index is 9.49. The molecule has 58 valence electrons. The van der Waals surface area contributed by atoms with Crippen LogP contribution in [0, 0.1) is 5.41 Å². The fourth-order valence-electron chi connectivity index (χ4n) is 1.98. The summed E-state index contributed by atoms with van der Waals surface area (Å²) in [6, 6.07) is 0. The Morgan fingerprint density at radius 2 is 2.30 bits per heavy atom. The monoisotopic (exact) mass is 141 g/mol. The summed E-state index contributed by atoms with van der Waals surface area (Å²) in [4.78, 5) is 2.17. The maximum Gasteiger partial charge on any atom is 0.107 e. The van der Waals surface area contributed by atoms with E-state index < -0.39 is 0 Å². The first-order valence-corrected chi connectivity index (χ1v) is 4.18. The van der Waals surface area contributed by atoms with Crippen molar-refractivity contribution in [2.75, 3.05) is 13.1 Å². The van der Waals surface area contributed by atoms with Gasteiger partial charge in [0.05, 0.1) is 0 Å². The number of aliphatic hydroxyl groups excluding tert-OH is 1. The molecule has 2 nitrogen and oxygen atoms in total. The van der Waals surface area contributed by atoms with Gasteiger partial charge in [-0.2, -0.15) is 0 Å². The van der Waals surface area contributed by atoms with E-state index in [4.69, 9.17) is 0 Å². The molecule has 1 saturated heterocycles. The van der Waals surface area contributed by atoms with Gasteiger partial charge in [0.1, 0.15) is 6.23 Å². The van der Waals surface area contributed by atoms with Gasteiger partial charge in [0, 0.05) is 6.54 Å². The molecule has 0 radical (unpaired) electrons. The van der Waals surface area contributed by atoms with Crippen LogP contribution in [-0.4, -0.2) is 29.3 Å². The van der Waals surface area contributed by atoms with Gasteiger partial charge < -0.3 is 5.11 Å². The molecule has 1 spiro atoms. The van der Waals surface area contributed by atoms with Gasteiger partial charge in [-0.3, -0.25) is 4.90 Å². The third-order valence-electron chi connectivity index (χ3n) is 2.94. The van der Waals surface area contributed by atoms with Gasteiger partial charge in [0.2, 0.25) is 0 Å². The van der Waals surface area contributed by atoms with Crippen LogP contribution in [0.5, 0.6) is 0 Å². The third-order valence-corrected chi connectivity index (χ3v) is 2.94. The van der Waals surface area contributed by atoms with Gasteiger partial charge in [-0.1, -0.05) is 6.92 Å². The largest absolute Gasteiger partial charge is 0.378 e. The molecule has 2 aliphatic rings. The number of nitrogens with zero attached hydrogens (tertiary/aromatic N) is 1. The van der Waals surface area contributed by atoms with Crippen LogP contribution in [-0.2, 0) is 0 Å². The van der Waals surface area contributed by atoms with E-state index in [1.807, 2.05) is 0 Å². The number of hydrogen-bond donors (Lipinski definition) is 1. The summed E-state index contributed by atoms with van der Waals surface area (Å²) >= 11 is 0. The first kappa shape index (κ1) is 6.62. The zero-order valence-electron chi connectivity index (χ0n) is 6.51. The molecule has 1 unspecified atom stereocenters. The van der Waals surface area contributed by atoms with Crippen molar-refractivity contribution in [1.82, 2.24) is 4.90 Å². The average molecular weight is 141 g/mol. The lowest BCUT2D eigenvalue weighted by molar-refractivity contribution is 0.0421. The highest BCUT2D eigenvalue weighted by Gasteiger charge is 2.50. The van der Waals surface area contributed by atoms with Crippen molar-refractivity contribution in [2.24, 2.45) is 5.41 Å². The normalized spacial score (nSPS) is 37.2. The Kier molecular flexibility index (Phi) is 1.29. The van der Waals surface area contributed by atoms with Crippen molar-refractivity contribution in [2.45, 2.75) is 32.4 Å². The fraction of sp³-hybridized carbons (Fsp3) is 1.00. The molecule has 1 N–H and O–H groups in total. The number of rotatable bonds is 1. The lowest BCUT2D eigenvalue weighted by Gasteiger charge is -2.16. The molecule has 1 saturated carbocycles. The summed E-state index contributed by atoms with van der Waals surface area (Å²) in [5.74, 6) is 0. The van der Waals surface area contributed by atoms with Crippen LogP contribution in [0.2, 0.25) is 0 Å². The van der Waals surface area contributed by atoms with Crippen LogP contribution in [0.15, 0.2) is 0 Å². The van der Waals surface area contributed by atoms with Crippen molar-refractivity contribution in [3.63, 3.8) is 0 Å². The maximum absolute atomic E-state index is 9.49. The summed E-state index contributed by atoms with van der Waals surface area (Å²) < 4.78 is 0. The Balaban J connectivity index is 2.00. The van der Waals surface area contributed by atoms with Crippen molar-refractivity contribution < 1.29 is 5.11 Å². The van der Waals surface area contributed by atoms with E-state index in [0.717, 1.165) is 19.5 Å². The first-order chi connectivity index (χ1) is 4.76. The molecule has 2 heteroatoms. The molecule has 2 rings (SSSR count). The van der Waals surface area contributed by atoms with Crippen LogP contribution in [0.1, 0.15) is 26.2 Å². The number of hydrogen-bond acceptors (Lipinski definition) is 2. The first-order valence-electron chi connectivity index (χ1n) is 4.18. The standard InChI is InChI=1S/C8H15NO/c1-2-9-6-8(3-4-8)5-7(9)10/h7,10H,2-6H2,1H3. The minimum atomic E-state index is -0.132. The average Bonchev–Trinajstić information content (AvgIpc) is 2.55. The van der Waals surface area contributed by atoms with Crippen LogP contribution in [0.4, 0.5) is 0 Å². The Bertz CT molecular complexity index is 142. The smallest absolute Gasteiger partial charge is 0.107 e. The molecular formula is C8H15NO. The SMILES string of the molecule is CCN1CC2(CC2)CC1O. The Morgan fingerprint density at radius 1 is 1.60 bits per heavy atom. The molecule has 10 heavy (non-hydrogen) atoms. The molecule has 1 aliphatic carbocycles. The summed E-state index contributed by atoms with van der Waals surface area (Å²) in [7, 11) is 0. The summed E-state index contributed by atoms with van der Waals surface area (Å²) in [5, 5.41) is 9.49. The molecule has 0 aromatic carbocycles. The fourth-order valence-corrected chi connectivity index (χ4v) is 1.98. The number of likely N-dealkylation sites (tertiary alicyclic amines) is 1. The van der Waals surface area contributed by atoms with E-state index in [2.05, 4.69) is 11.8 Å². The Morgan fingerprint density at radius 3 is 2.60 bits per heavy atom. The van der Waals surface area contributed by atoms with E-state index in [1.54, 1.807) is 0 Å². The van der Waals surface area contributed by atoms with Crippen molar-refractivity contribution in [3.05, 3.63) is 0 Å². The summed E-state index contributed by atoms with van der Waals surface area (Å²) in [6.07, 6.45) is 3.59. The second kappa shape index (κ2) is 1.95. The second-order valence-corrected chi connectivity index (χ2v) is 3.75. The molecule has 0 aromatic heterocycles. The molecule has 0 amide bonds. The lowest BCUT2D eigenvalue weighted by Crippen LogP contribution is -2.28. The minimum absolute atomic E-state index is 0.132. The second-order valence-electron chi connectivity index (χ2n) is 3.75. The topological polar surface area (TPSA) is 23.5 Å². The van der Waals surface area contributed by atoms with Gasteiger partial charge in [0.15, 0.2) is 0 Å². The van der Waals surface area contributed by atoms with E-state index in [1.165, 1.54) is 12.8 Å². The molecule has 1 heterocycles. The molecule has 0 bridgehead atoms. The highest BCUT2D eigenvalue weighted by atomic mass is 16.3. The number of aliphatic hydroxyl groups is 1. The van der Waals surface area contributed by atoms with Gasteiger partial charge >= 0.3 is 0 Å². The zero-order valence-corrected chi connectivity index (χ0v) is 6.51. The van der Waals surface area contributed by atoms with Crippen LogP contribution < -0.4 is 0 Å². The van der Waals surface area contributed by atoms with Crippen LogP contribution in [0.25, 0.3) is 0 Å². The quantitative estimate of drug-likeness (QED) is 0.584. The predicted molar refractivity (Wildman–Crippen MR) is 39.5 cm³/mol. The third kappa shape index (κ3) is 0.867. The predicted octanol–water partition coefficient (Wildman–Crippen LogP) is 0.811. The van der Waals surface area contributed by atoms with Crippen molar-refractivity contribution in [3.8, 4) is 0 Å². The highest BCUT2D eigenvalue weighted by Crippen LogP contribution is 2.54. The highest BCUT2D eigenvalue weighted by molar-refractivity contribution is 5.01. The van der Waals surface area contributed by atoms with Gasteiger partial charge in [-0.05, 0) is 31.2 Å². The van der Waals surface area contributed by atoms with Gasteiger partial charge in [0.25, 0.3) is 0 Å². The zero-order chi connectivity index (χ0) is 7.19. The van der Waals surface area contributed by atoms with E-state index in [-0.39, 0.29) is 6.23 Å². The van der Waals surface area contributed by atoms with E-state index in [0.29, 0.717) is 5.41 Å². The molecular weight excluding hydrogens is 126 g/mol. The van der Waals surface area contributed by atoms with Crippen LogP contribution in [0.3, 0.4) is 0 Å².